The Balaban J connectivity index is 1.76. The van der Waals surface area contributed by atoms with Crippen LogP contribution >= 0.6 is 0 Å². The number of hydrogen-bond acceptors (Lipinski definition) is 5. The molecule has 1 aliphatic carbocycles. The molecule has 1 amide bonds. The molecule has 1 heterocycles. The van der Waals surface area contributed by atoms with E-state index in [4.69, 9.17) is 4.74 Å². The molecular formula is C26H31N3O3. The van der Waals surface area contributed by atoms with Gasteiger partial charge in [0.05, 0.1) is 18.4 Å². The Kier molecular flexibility index (Phi) is 6.33. The molecular weight excluding hydrogens is 402 g/mol. The molecule has 2 aromatic rings. The number of ketones is 1. The Labute approximate surface area is 189 Å². The van der Waals surface area contributed by atoms with Crippen LogP contribution in [0.15, 0.2) is 42.5 Å². The van der Waals surface area contributed by atoms with Gasteiger partial charge < -0.3 is 20.3 Å². The van der Waals surface area contributed by atoms with Gasteiger partial charge in [0.1, 0.15) is 5.75 Å². The van der Waals surface area contributed by atoms with Crippen LogP contribution in [0.2, 0.25) is 0 Å². The van der Waals surface area contributed by atoms with Crippen LogP contribution in [0.3, 0.4) is 0 Å². The second kappa shape index (κ2) is 9.17. The molecule has 2 N–H and O–H groups in total. The van der Waals surface area contributed by atoms with Crippen LogP contribution in [0.1, 0.15) is 54.1 Å². The number of anilines is 1. The third-order valence-electron chi connectivity index (χ3n) is 6.57. The number of nitrogens with one attached hydrogen (secondary N) is 2. The molecule has 0 radical (unpaired) electrons. The third kappa shape index (κ3) is 4.41. The summed E-state index contributed by atoms with van der Waals surface area (Å²) < 4.78 is 5.32. The standard InChI is InChI=1S/C26H31N3O3/c1-16(30)18-7-14-23-22(15-18)24(26(31)28-23)25(17-5-12-21(32-4)13-6-17)27-19-8-10-20(11-9-19)29(2)3/h5-7,12-15,19-20,27H,8-11H2,1-4H3,(H,28,31)/b25-24-/t19-,20-. The summed E-state index contributed by atoms with van der Waals surface area (Å²) in [5.41, 5.74) is 4.41. The summed E-state index contributed by atoms with van der Waals surface area (Å²) in [6, 6.07) is 14.0. The molecule has 1 fully saturated rings. The summed E-state index contributed by atoms with van der Waals surface area (Å²) in [5.74, 6) is 0.591. The molecule has 1 saturated carbocycles. The first-order chi connectivity index (χ1) is 15.4. The summed E-state index contributed by atoms with van der Waals surface area (Å²) in [6.45, 7) is 1.54. The van der Waals surface area contributed by atoms with Gasteiger partial charge in [0, 0.05) is 28.9 Å². The quantitative estimate of drug-likeness (QED) is 0.528. The largest absolute Gasteiger partial charge is 0.497 e. The SMILES string of the molecule is COc1ccc(/C(N[C@H]2CC[C@H](N(C)C)CC2)=C2/C(=O)Nc3ccc(C(C)=O)cc32)cc1. The van der Waals surface area contributed by atoms with Crippen molar-refractivity contribution in [3.63, 3.8) is 0 Å². The number of amides is 1. The van der Waals surface area contributed by atoms with Crippen molar-refractivity contribution in [3.8, 4) is 5.75 Å². The van der Waals surface area contributed by atoms with E-state index in [1.807, 2.05) is 36.4 Å². The highest BCUT2D eigenvalue weighted by atomic mass is 16.5. The number of Topliss-reactive ketones (excluding diaryl/α,β-unsaturated/α-hetero) is 1. The number of methoxy groups -OCH3 is 1. The number of benzene rings is 2. The fraction of sp³-hybridized carbons (Fsp3) is 0.385. The van der Waals surface area contributed by atoms with Crippen LogP contribution in [0.4, 0.5) is 5.69 Å². The van der Waals surface area contributed by atoms with Gasteiger partial charge in [-0.3, -0.25) is 9.59 Å². The van der Waals surface area contributed by atoms with E-state index in [-0.39, 0.29) is 17.7 Å². The second-order valence-electron chi connectivity index (χ2n) is 8.86. The molecule has 0 saturated heterocycles. The Morgan fingerprint density at radius 1 is 1.03 bits per heavy atom. The lowest BCUT2D eigenvalue weighted by molar-refractivity contribution is -0.110. The van der Waals surface area contributed by atoms with Crippen molar-refractivity contribution in [1.82, 2.24) is 10.2 Å². The molecule has 4 rings (SSSR count). The number of carbonyl (C=O) groups is 2. The van der Waals surface area contributed by atoms with Gasteiger partial charge in [0.2, 0.25) is 0 Å². The number of ether oxygens (including phenoxy) is 1. The number of rotatable bonds is 6. The Hall–Kier alpha value is -3.12. The Morgan fingerprint density at radius 3 is 2.28 bits per heavy atom. The zero-order valence-electron chi connectivity index (χ0n) is 19.2. The van der Waals surface area contributed by atoms with E-state index in [2.05, 4.69) is 29.6 Å². The second-order valence-corrected chi connectivity index (χ2v) is 8.86. The lowest BCUT2D eigenvalue weighted by atomic mass is 9.89. The molecule has 6 heteroatoms. The molecule has 0 bridgehead atoms. The zero-order valence-corrected chi connectivity index (χ0v) is 19.2. The van der Waals surface area contributed by atoms with E-state index in [0.717, 1.165) is 53.9 Å². The molecule has 32 heavy (non-hydrogen) atoms. The van der Waals surface area contributed by atoms with Gasteiger partial charge in [-0.1, -0.05) is 0 Å². The topological polar surface area (TPSA) is 70.7 Å². The van der Waals surface area contributed by atoms with Gasteiger partial charge >= 0.3 is 0 Å². The normalized spacial score (nSPS) is 21.7. The van der Waals surface area contributed by atoms with Gasteiger partial charge in [-0.05, 0) is 94.7 Å². The molecule has 2 aliphatic rings. The van der Waals surface area contributed by atoms with Crippen molar-refractivity contribution in [3.05, 3.63) is 59.2 Å². The van der Waals surface area contributed by atoms with E-state index in [1.165, 1.54) is 0 Å². The minimum absolute atomic E-state index is 0.0209. The number of carbonyl (C=O) groups excluding carboxylic acids is 2. The highest BCUT2D eigenvalue weighted by Gasteiger charge is 2.31. The van der Waals surface area contributed by atoms with Crippen molar-refractivity contribution in [1.29, 1.82) is 0 Å². The molecule has 0 aromatic heterocycles. The zero-order chi connectivity index (χ0) is 22.8. The lowest BCUT2D eigenvalue weighted by Gasteiger charge is -2.34. The number of fused-ring (bicyclic) bond motifs is 1. The molecule has 168 valence electrons. The average molecular weight is 434 g/mol. The fourth-order valence-corrected chi connectivity index (χ4v) is 4.63. The van der Waals surface area contributed by atoms with Crippen molar-refractivity contribution in [2.75, 3.05) is 26.5 Å². The maximum Gasteiger partial charge on any atom is 0.258 e. The molecule has 6 nitrogen and oxygen atoms in total. The first-order valence-corrected chi connectivity index (χ1v) is 11.2. The van der Waals surface area contributed by atoms with E-state index in [0.29, 0.717) is 17.2 Å². The van der Waals surface area contributed by atoms with Gasteiger partial charge in [0.25, 0.3) is 5.91 Å². The van der Waals surface area contributed by atoms with Gasteiger partial charge in [-0.25, -0.2) is 0 Å². The molecule has 1 aliphatic heterocycles. The minimum Gasteiger partial charge on any atom is -0.497 e. The van der Waals surface area contributed by atoms with Crippen LogP contribution in [0, 0.1) is 0 Å². The van der Waals surface area contributed by atoms with E-state index in [9.17, 15) is 9.59 Å². The maximum absolute atomic E-state index is 13.1. The predicted octanol–water partition coefficient (Wildman–Crippen LogP) is 4.18. The lowest BCUT2D eigenvalue weighted by Crippen LogP contribution is -2.39. The minimum atomic E-state index is -0.152. The molecule has 0 atom stereocenters. The van der Waals surface area contributed by atoms with Crippen molar-refractivity contribution >= 4 is 28.6 Å². The average Bonchev–Trinajstić information content (AvgIpc) is 3.12. The number of nitrogens with zero attached hydrogens (tertiary/aromatic N) is 1. The molecule has 0 unspecified atom stereocenters. The fourth-order valence-electron chi connectivity index (χ4n) is 4.63. The van der Waals surface area contributed by atoms with Crippen molar-refractivity contribution < 1.29 is 14.3 Å². The van der Waals surface area contributed by atoms with E-state index in [1.54, 1.807) is 20.1 Å². The van der Waals surface area contributed by atoms with Gasteiger partial charge in [0.15, 0.2) is 5.78 Å². The first-order valence-electron chi connectivity index (χ1n) is 11.2. The van der Waals surface area contributed by atoms with Gasteiger partial charge in [-0.2, -0.15) is 0 Å². The summed E-state index contributed by atoms with van der Waals surface area (Å²) in [7, 11) is 5.91. The summed E-state index contributed by atoms with van der Waals surface area (Å²) in [4.78, 5) is 27.4. The van der Waals surface area contributed by atoms with E-state index >= 15 is 0 Å². The van der Waals surface area contributed by atoms with Crippen molar-refractivity contribution in [2.24, 2.45) is 0 Å². The van der Waals surface area contributed by atoms with E-state index < -0.39 is 0 Å². The smallest absolute Gasteiger partial charge is 0.258 e. The first kappa shape index (κ1) is 22.1. The Morgan fingerprint density at radius 2 is 1.69 bits per heavy atom. The predicted molar refractivity (Wildman–Crippen MR) is 128 cm³/mol. The summed E-state index contributed by atoms with van der Waals surface area (Å²) >= 11 is 0. The van der Waals surface area contributed by atoms with Crippen molar-refractivity contribution in [2.45, 2.75) is 44.7 Å². The van der Waals surface area contributed by atoms with Crippen LogP contribution in [-0.4, -0.2) is 49.9 Å². The number of hydrogen-bond donors (Lipinski definition) is 2. The Bertz CT molecular complexity index is 1050. The highest BCUT2D eigenvalue weighted by molar-refractivity contribution is 6.36. The van der Waals surface area contributed by atoms with Crippen LogP contribution in [0.25, 0.3) is 11.3 Å². The molecule has 2 aromatic carbocycles. The monoisotopic (exact) mass is 433 g/mol. The van der Waals surface area contributed by atoms with Crippen LogP contribution in [-0.2, 0) is 4.79 Å². The maximum atomic E-state index is 13.1. The summed E-state index contributed by atoms with van der Waals surface area (Å²) in [6.07, 6.45) is 4.32. The summed E-state index contributed by atoms with van der Waals surface area (Å²) in [5, 5.41) is 6.67. The van der Waals surface area contributed by atoms with Gasteiger partial charge in [-0.15, -0.1) is 0 Å². The van der Waals surface area contributed by atoms with Crippen LogP contribution in [0.5, 0.6) is 5.75 Å². The van der Waals surface area contributed by atoms with Crippen LogP contribution < -0.4 is 15.4 Å². The molecule has 0 spiro atoms. The third-order valence-corrected chi connectivity index (χ3v) is 6.57. The highest BCUT2D eigenvalue weighted by Crippen LogP contribution is 2.38.